The molecule has 1 N–H and O–H groups in total. The van der Waals surface area contributed by atoms with Gasteiger partial charge in [-0.3, -0.25) is 0 Å². The molecule has 1 heteroatoms. The Labute approximate surface area is 81.2 Å². The summed E-state index contributed by atoms with van der Waals surface area (Å²) < 4.78 is 0. The molecule has 0 bridgehead atoms. The van der Waals surface area contributed by atoms with E-state index >= 15 is 0 Å². The second kappa shape index (κ2) is 5.76. The molecule has 0 radical (unpaired) electrons. The Hall–Kier alpha value is -0.820. The first-order valence-corrected chi connectivity index (χ1v) is 5.08. The standard InChI is InChI=1S/C12H19N/c1-3-7-12(13-2)10-11-8-5-4-6-9-11/h4-6,8-9,12-13H,3,7,10H2,1-2H3/t12-/m1/s1. The molecule has 0 aliphatic rings. The predicted molar refractivity (Wildman–Crippen MR) is 57.9 cm³/mol. The molecular weight excluding hydrogens is 158 g/mol. The summed E-state index contributed by atoms with van der Waals surface area (Å²) in [6.45, 7) is 2.23. The van der Waals surface area contributed by atoms with Gasteiger partial charge in [0.1, 0.15) is 0 Å². The molecule has 1 atom stereocenters. The molecule has 0 saturated heterocycles. The van der Waals surface area contributed by atoms with E-state index in [2.05, 4.69) is 42.6 Å². The lowest BCUT2D eigenvalue weighted by molar-refractivity contribution is 0.514. The number of benzene rings is 1. The van der Waals surface area contributed by atoms with Crippen molar-refractivity contribution in [2.24, 2.45) is 0 Å². The minimum atomic E-state index is 0.632. The Balaban J connectivity index is 2.46. The van der Waals surface area contributed by atoms with Gasteiger partial charge in [0.2, 0.25) is 0 Å². The number of hydrogen-bond donors (Lipinski definition) is 1. The van der Waals surface area contributed by atoms with Crippen molar-refractivity contribution in [1.29, 1.82) is 0 Å². The van der Waals surface area contributed by atoms with Crippen LogP contribution in [0.3, 0.4) is 0 Å². The van der Waals surface area contributed by atoms with Crippen LogP contribution in [0.2, 0.25) is 0 Å². The van der Waals surface area contributed by atoms with Crippen LogP contribution in [0.15, 0.2) is 30.3 Å². The monoisotopic (exact) mass is 177 g/mol. The van der Waals surface area contributed by atoms with Crippen molar-refractivity contribution >= 4 is 0 Å². The van der Waals surface area contributed by atoms with E-state index in [9.17, 15) is 0 Å². The van der Waals surface area contributed by atoms with E-state index in [-0.39, 0.29) is 0 Å². The average molecular weight is 177 g/mol. The summed E-state index contributed by atoms with van der Waals surface area (Å²) in [5.41, 5.74) is 1.43. The summed E-state index contributed by atoms with van der Waals surface area (Å²) in [5, 5.41) is 3.35. The van der Waals surface area contributed by atoms with E-state index in [1.807, 2.05) is 7.05 Å². The van der Waals surface area contributed by atoms with Gasteiger partial charge in [-0.2, -0.15) is 0 Å². The van der Waals surface area contributed by atoms with Gasteiger partial charge < -0.3 is 5.32 Å². The first-order chi connectivity index (χ1) is 6.36. The van der Waals surface area contributed by atoms with E-state index < -0.39 is 0 Å². The van der Waals surface area contributed by atoms with Gasteiger partial charge in [-0.15, -0.1) is 0 Å². The zero-order chi connectivity index (χ0) is 9.52. The van der Waals surface area contributed by atoms with Crippen molar-refractivity contribution in [2.75, 3.05) is 7.05 Å². The molecule has 1 aromatic rings. The van der Waals surface area contributed by atoms with Crippen molar-refractivity contribution in [3.8, 4) is 0 Å². The second-order valence-electron chi connectivity index (χ2n) is 3.46. The molecule has 0 unspecified atom stereocenters. The van der Waals surface area contributed by atoms with Crippen LogP contribution in [0.25, 0.3) is 0 Å². The minimum absolute atomic E-state index is 0.632. The molecule has 13 heavy (non-hydrogen) atoms. The van der Waals surface area contributed by atoms with Crippen molar-refractivity contribution in [3.63, 3.8) is 0 Å². The highest BCUT2D eigenvalue weighted by Crippen LogP contribution is 2.06. The molecule has 0 aromatic heterocycles. The van der Waals surface area contributed by atoms with Gasteiger partial charge in [0.05, 0.1) is 0 Å². The van der Waals surface area contributed by atoms with Crippen LogP contribution >= 0.6 is 0 Å². The summed E-state index contributed by atoms with van der Waals surface area (Å²) in [7, 11) is 2.04. The highest BCUT2D eigenvalue weighted by molar-refractivity contribution is 5.15. The van der Waals surface area contributed by atoms with Crippen molar-refractivity contribution in [2.45, 2.75) is 32.2 Å². The van der Waals surface area contributed by atoms with E-state index in [0.29, 0.717) is 6.04 Å². The van der Waals surface area contributed by atoms with Crippen LogP contribution < -0.4 is 5.32 Å². The van der Waals surface area contributed by atoms with Crippen LogP contribution in [0.1, 0.15) is 25.3 Å². The van der Waals surface area contributed by atoms with Gasteiger partial charge in [-0.25, -0.2) is 0 Å². The molecule has 72 valence electrons. The zero-order valence-electron chi connectivity index (χ0n) is 8.59. The molecule has 0 aliphatic heterocycles. The summed E-state index contributed by atoms with van der Waals surface area (Å²) in [6, 6.07) is 11.3. The smallest absolute Gasteiger partial charge is 0.0104 e. The fourth-order valence-electron chi connectivity index (χ4n) is 1.60. The SMILES string of the molecule is CCC[C@H](Cc1ccccc1)NC. The highest BCUT2D eigenvalue weighted by Gasteiger charge is 2.04. The average Bonchev–Trinajstić information content (AvgIpc) is 2.19. The van der Waals surface area contributed by atoms with E-state index in [0.717, 1.165) is 6.42 Å². The van der Waals surface area contributed by atoms with Crippen LogP contribution in [-0.4, -0.2) is 13.1 Å². The molecule has 1 nitrogen and oxygen atoms in total. The third-order valence-corrected chi connectivity index (χ3v) is 2.37. The van der Waals surface area contributed by atoms with Crippen molar-refractivity contribution in [1.82, 2.24) is 5.32 Å². The Kier molecular flexibility index (Phi) is 4.55. The molecule has 0 amide bonds. The van der Waals surface area contributed by atoms with Gasteiger partial charge in [0.15, 0.2) is 0 Å². The van der Waals surface area contributed by atoms with Crippen LogP contribution in [0.4, 0.5) is 0 Å². The van der Waals surface area contributed by atoms with Gasteiger partial charge in [-0.05, 0) is 25.5 Å². The Bertz CT molecular complexity index is 218. The topological polar surface area (TPSA) is 12.0 Å². The normalized spacial score (nSPS) is 12.8. The number of rotatable bonds is 5. The highest BCUT2D eigenvalue weighted by atomic mass is 14.9. The van der Waals surface area contributed by atoms with Gasteiger partial charge in [0, 0.05) is 6.04 Å². The summed E-state index contributed by atoms with van der Waals surface area (Å²) in [5.74, 6) is 0. The zero-order valence-corrected chi connectivity index (χ0v) is 8.59. The first kappa shape index (κ1) is 10.3. The summed E-state index contributed by atoms with van der Waals surface area (Å²) >= 11 is 0. The van der Waals surface area contributed by atoms with E-state index in [1.54, 1.807) is 0 Å². The maximum absolute atomic E-state index is 3.35. The molecule has 0 aliphatic carbocycles. The largest absolute Gasteiger partial charge is 0.317 e. The molecular formula is C12H19N. The summed E-state index contributed by atoms with van der Waals surface area (Å²) in [4.78, 5) is 0. The fraction of sp³-hybridized carbons (Fsp3) is 0.500. The van der Waals surface area contributed by atoms with Crippen molar-refractivity contribution < 1.29 is 0 Å². The van der Waals surface area contributed by atoms with Gasteiger partial charge in [-0.1, -0.05) is 43.7 Å². The van der Waals surface area contributed by atoms with Gasteiger partial charge in [0.25, 0.3) is 0 Å². The number of likely N-dealkylation sites (N-methyl/N-ethyl adjacent to an activating group) is 1. The first-order valence-electron chi connectivity index (χ1n) is 5.08. The third-order valence-electron chi connectivity index (χ3n) is 2.37. The summed E-state index contributed by atoms with van der Waals surface area (Å²) in [6.07, 6.45) is 3.65. The molecule has 1 aromatic carbocycles. The van der Waals surface area contributed by atoms with E-state index in [1.165, 1.54) is 18.4 Å². The lowest BCUT2D eigenvalue weighted by Gasteiger charge is -2.14. The number of nitrogens with one attached hydrogen (secondary N) is 1. The van der Waals surface area contributed by atoms with Crippen LogP contribution in [0, 0.1) is 0 Å². The molecule has 0 spiro atoms. The minimum Gasteiger partial charge on any atom is -0.317 e. The van der Waals surface area contributed by atoms with Gasteiger partial charge >= 0.3 is 0 Å². The lowest BCUT2D eigenvalue weighted by atomic mass is 10.0. The third kappa shape index (κ3) is 3.60. The Morgan fingerprint density at radius 3 is 2.46 bits per heavy atom. The lowest BCUT2D eigenvalue weighted by Crippen LogP contribution is -2.27. The molecule has 0 saturated carbocycles. The Morgan fingerprint density at radius 2 is 1.92 bits per heavy atom. The molecule has 1 rings (SSSR count). The fourth-order valence-corrected chi connectivity index (χ4v) is 1.60. The molecule has 0 fully saturated rings. The van der Waals surface area contributed by atoms with Crippen LogP contribution in [0.5, 0.6) is 0 Å². The maximum atomic E-state index is 3.35. The van der Waals surface area contributed by atoms with Crippen LogP contribution in [-0.2, 0) is 6.42 Å². The molecule has 0 heterocycles. The Morgan fingerprint density at radius 1 is 1.23 bits per heavy atom. The van der Waals surface area contributed by atoms with Crippen molar-refractivity contribution in [3.05, 3.63) is 35.9 Å². The predicted octanol–water partition coefficient (Wildman–Crippen LogP) is 2.62. The quantitative estimate of drug-likeness (QED) is 0.729. The van der Waals surface area contributed by atoms with E-state index in [4.69, 9.17) is 0 Å². The second-order valence-corrected chi connectivity index (χ2v) is 3.46. The maximum Gasteiger partial charge on any atom is 0.0104 e. The number of hydrogen-bond acceptors (Lipinski definition) is 1.